The molecule has 0 spiro atoms. The van der Waals surface area contributed by atoms with Crippen LogP contribution in [-0.4, -0.2) is 0 Å². The average molecular weight is 343 g/mol. The van der Waals surface area contributed by atoms with Crippen LogP contribution in [-0.2, 0) is 5.33 Å². The van der Waals surface area contributed by atoms with Crippen LogP contribution in [0.3, 0.4) is 0 Å². The fourth-order valence-corrected chi connectivity index (χ4v) is 3.91. The molecule has 1 rings (SSSR count). The maximum Gasteiger partial charge on any atom is 0.0305 e. The number of alkyl halides is 1. The molecule has 0 atom stereocenters. The average Bonchev–Trinajstić information content (AvgIpc) is 1.85. The summed E-state index contributed by atoms with van der Waals surface area (Å²) in [5, 5.41) is 0.869. The molecule has 60 valence electrons. The predicted octanol–water partition coefficient (Wildman–Crippen LogP) is 4.41. The fourth-order valence-electron chi connectivity index (χ4n) is 0.857. The van der Waals surface area contributed by atoms with E-state index in [0.29, 0.717) is 0 Å². The summed E-state index contributed by atoms with van der Waals surface area (Å²) in [6.45, 7) is 2.08. The lowest BCUT2D eigenvalue weighted by molar-refractivity contribution is 1.32. The van der Waals surface area contributed by atoms with Crippen molar-refractivity contribution < 1.29 is 0 Å². The van der Waals surface area contributed by atoms with Gasteiger partial charge in [0, 0.05) is 14.3 Å². The molecule has 0 heterocycles. The lowest BCUT2D eigenvalue weighted by Gasteiger charge is -2.04. The van der Waals surface area contributed by atoms with Crippen LogP contribution in [0.15, 0.2) is 21.1 Å². The third-order valence-electron chi connectivity index (χ3n) is 1.42. The van der Waals surface area contributed by atoms with Gasteiger partial charge in [-0.2, -0.15) is 0 Å². The fraction of sp³-hybridized carbons (Fsp3) is 0.250. The summed E-state index contributed by atoms with van der Waals surface area (Å²) in [5.74, 6) is 0. The first-order chi connectivity index (χ1) is 5.15. The maximum atomic E-state index is 3.50. The van der Waals surface area contributed by atoms with E-state index in [1.165, 1.54) is 11.1 Å². The minimum absolute atomic E-state index is 0.869. The molecule has 0 amide bonds. The van der Waals surface area contributed by atoms with E-state index in [1.54, 1.807) is 0 Å². The van der Waals surface area contributed by atoms with Crippen molar-refractivity contribution in [1.82, 2.24) is 0 Å². The van der Waals surface area contributed by atoms with Gasteiger partial charge >= 0.3 is 0 Å². The Kier molecular flexibility index (Phi) is 3.59. The van der Waals surface area contributed by atoms with E-state index in [9.17, 15) is 0 Å². The Hall–Kier alpha value is 0.660. The van der Waals surface area contributed by atoms with Gasteiger partial charge in [-0.1, -0.05) is 47.8 Å². The van der Waals surface area contributed by atoms with Gasteiger partial charge in [0.2, 0.25) is 0 Å². The number of hydrogen-bond donors (Lipinski definition) is 0. The summed E-state index contributed by atoms with van der Waals surface area (Å²) in [7, 11) is 0. The zero-order valence-corrected chi connectivity index (χ0v) is 10.8. The van der Waals surface area contributed by atoms with Gasteiger partial charge in [0.25, 0.3) is 0 Å². The van der Waals surface area contributed by atoms with Gasteiger partial charge < -0.3 is 0 Å². The first kappa shape index (κ1) is 9.75. The van der Waals surface area contributed by atoms with E-state index >= 15 is 0 Å². The van der Waals surface area contributed by atoms with E-state index in [1.807, 2.05) is 0 Å². The van der Waals surface area contributed by atoms with Crippen LogP contribution >= 0.6 is 47.8 Å². The molecule has 0 saturated heterocycles. The lowest BCUT2D eigenvalue weighted by atomic mass is 10.2. The molecule has 1 aromatic rings. The third-order valence-corrected chi connectivity index (χ3v) is 3.39. The van der Waals surface area contributed by atoms with Crippen LogP contribution in [0.4, 0.5) is 0 Å². The van der Waals surface area contributed by atoms with Crippen molar-refractivity contribution in [2.45, 2.75) is 12.3 Å². The summed E-state index contributed by atoms with van der Waals surface area (Å²) in [4.78, 5) is 0. The van der Waals surface area contributed by atoms with Crippen molar-refractivity contribution in [3.63, 3.8) is 0 Å². The molecule has 0 saturated carbocycles. The van der Waals surface area contributed by atoms with Crippen molar-refractivity contribution in [3.05, 3.63) is 32.2 Å². The number of aryl methyl sites for hydroxylation is 1. The van der Waals surface area contributed by atoms with Crippen LogP contribution in [0.1, 0.15) is 11.1 Å². The molecule has 3 heteroatoms. The summed E-state index contributed by atoms with van der Waals surface area (Å²) in [5.41, 5.74) is 2.52. The van der Waals surface area contributed by atoms with Gasteiger partial charge in [0.15, 0.2) is 0 Å². The van der Waals surface area contributed by atoms with E-state index in [2.05, 4.69) is 66.8 Å². The molecule has 11 heavy (non-hydrogen) atoms. The molecule has 0 unspecified atom stereocenters. The molecule has 0 aromatic heterocycles. The van der Waals surface area contributed by atoms with Crippen molar-refractivity contribution in [2.24, 2.45) is 0 Å². The molecular weight excluding hydrogens is 336 g/mol. The summed E-state index contributed by atoms with van der Waals surface area (Å²) < 4.78 is 2.31. The van der Waals surface area contributed by atoms with Crippen molar-refractivity contribution in [1.29, 1.82) is 0 Å². The Bertz CT molecular complexity index is 245. The lowest BCUT2D eigenvalue weighted by Crippen LogP contribution is -1.84. The highest BCUT2D eigenvalue weighted by molar-refractivity contribution is 9.11. The van der Waals surface area contributed by atoms with Gasteiger partial charge in [-0.3, -0.25) is 0 Å². The first-order valence-corrected chi connectivity index (χ1v) is 5.86. The molecular formula is C8H7Br3. The van der Waals surface area contributed by atoms with Crippen LogP contribution in [0, 0.1) is 6.92 Å². The molecule has 0 aliphatic heterocycles. The molecule has 0 N–H and O–H groups in total. The zero-order valence-electron chi connectivity index (χ0n) is 6.00. The number of rotatable bonds is 1. The Morgan fingerprint density at radius 1 is 1.18 bits per heavy atom. The molecule has 0 aliphatic carbocycles. The summed E-state index contributed by atoms with van der Waals surface area (Å²) in [6.07, 6.45) is 0. The van der Waals surface area contributed by atoms with Gasteiger partial charge in [-0.05, 0) is 30.2 Å². The van der Waals surface area contributed by atoms with Gasteiger partial charge in [-0.25, -0.2) is 0 Å². The smallest absolute Gasteiger partial charge is 0.0305 e. The van der Waals surface area contributed by atoms with Crippen LogP contribution in [0.5, 0.6) is 0 Å². The first-order valence-electron chi connectivity index (χ1n) is 3.15. The monoisotopic (exact) mass is 340 g/mol. The highest BCUT2D eigenvalue weighted by atomic mass is 79.9. The number of hydrogen-bond acceptors (Lipinski definition) is 0. The highest BCUT2D eigenvalue weighted by Crippen LogP contribution is 2.28. The van der Waals surface area contributed by atoms with Crippen LogP contribution < -0.4 is 0 Å². The van der Waals surface area contributed by atoms with Gasteiger partial charge in [0.1, 0.15) is 0 Å². The third kappa shape index (κ3) is 2.30. The molecule has 0 bridgehead atoms. The zero-order chi connectivity index (χ0) is 8.43. The summed E-state index contributed by atoms with van der Waals surface area (Å²) >= 11 is 10.4. The topological polar surface area (TPSA) is 0 Å². The minimum Gasteiger partial charge on any atom is -0.0875 e. The summed E-state index contributed by atoms with van der Waals surface area (Å²) in [6, 6.07) is 4.22. The normalized spacial score (nSPS) is 10.2. The Morgan fingerprint density at radius 2 is 1.64 bits per heavy atom. The highest BCUT2D eigenvalue weighted by Gasteiger charge is 2.03. The molecule has 0 radical (unpaired) electrons. The largest absolute Gasteiger partial charge is 0.0875 e. The standard InChI is InChI=1S/C8H7Br3/c1-5-2-7(10)6(4-9)8(11)3-5/h2-3H,4H2,1H3. The predicted molar refractivity (Wildman–Crippen MR) is 59.2 cm³/mol. The van der Waals surface area contributed by atoms with E-state index < -0.39 is 0 Å². The van der Waals surface area contributed by atoms with Crippen LogP contribution in [0.25, 0.3) is 0 Å². The van der Waals surface area contributed by atoms with E-state index in [-0.39, 0.29) is 0 Å². The van der Waals surface area contributed by atoms with E-state index in [0.717, 1.165) is 14.3 Å². The second-order valence-corrected chi connectivity index (χ2v) is 4.61. The molecule has 0 fully saturated rings. The number of benzene rings is 1. The Labute approximate surface area is 91.8 Å². The number of halogens is 3. The SMILES string of the molecule is Cc1cc(Br)c(CBr)c(Br)c1. The van der Waals surface area contributed by atoms with Crippen LogP contribution in [0.2, 0.25) is 0 Å². The van der Waals surface area contributed by atoms with Crippen molar-refractivity contribution in [3.8, 4) is 0 Å². The van der Waals surface area contributed by atoms with Gasteiger partial charge in [-0.15, -0.1) is 0 Å². The second-order valence-electron chi connectivity index (χ2n) is 2.34. The molecule has 0 aliphatic rings. The molecule has 1 aromatic carbocycles. The molecule has 0 nitrogen and oxygen atoms in total. The van der Waals surface area contributed by atoms with Gasteiger partial charge in [0.05, 0.1) is 0 Å². The Morgan fingerprint density at radius 3 is 2.00 bits per heavy atom. The quantitative estimate of drug-likeness (QED) is 0.663. The van der Waals surface area contributed by atoms with E-state index in [4.69, 9.17) is 0 Å². The van der Waals surface area contributed by atoms with Crippen molar-refractivity contribution >= 4 is 47.8 Å². The second kappa shape index (κ2) is 4.06. The van der Waals surface area contributed by atoms with Crippen molar-refractivity contribution in [2.75, 3.05) is 0 Å². The Balaban J connectivity index is 3.25. The minimum atomic E-state index is 0.869. The maximum absolute atomic E-state index is 3.50.